The van der Waals surface area contributed by atoms with Gasteiger partial charge in [0.2, 0.25) is 0 Å². The molecule has 0 amide bonds. The minimum Gasteiger partial charge on any atom is -0.468 e. The summed E-state index contributed by atoms with van der Waals surface area (Å²) in [6.45, 7) is 2.26. The molecule has 0 aliphatic carbocycles. The van der Waals surface area contributed by atoms with E-state index >= 15 is 0 Å². The van der Waals surface area contributed by atoms with Crippen LogP contribution in [-0.2, 0) is 9.47 Å². The number of hydrogen-bond donors (Lipinski definition) is 0. The van der Waals surface area contributed by atoms with Crippen molar-refractivity contribution in [2.24, 2.45) is 0 Å². The Morgan fingerprint density at radius 1 is 1.29 bits per heavy atom. The Bertz CT molecular complexity index is 273. The van der Waals surface area contributed by atoms with E-state index in [1.807, 2.05) is 31.2 Å². The third kappa shape index (κ3) is 3.01. The van der Waals surface area contributed by atoms with Gasteiger partial charge in [0.1, 0.15) is 5.75 Å². The molecular formula is C11H16O3. The van der Waals surface area contributed by atoms with Crippen molar-refractivity contribution < 1.29 is 14.2 Å². The molecule has 0 heterocycles. The van der Waals surface area contributed by atoms with E-state index in [0.717, 1.165) is 11.3 Å². The van der Waals surface area contributed by atoms with Gasteiger partial charge in [-0.25, -0.2) is 0 Å². The number of methoxy groups -OCH3 is 2. The van der Waals surface area contributed by atoms with Crippen molar-refractivity contribution in [1.29, 1.82) is 0 Å². The molecule has 0 saturated carbocycles. The molecule has 1 aromatic carbocycles. The van der Waals surface area contributed by atoms with Gasteiger partial charge in [-0.2, -0.15) is 0 Å². The number of ether oxygens (including phenoxy) is 3. The van der Waals surface area contributed by atoms with Gasteiger partial charge in [-0.15, -0.1) is 0 Å². The van der Waals surface area contributed by atoms with Gasteiger partial charge in [-0.05, 0) is 24.6 Å². The van der Waals surface area contributed by atoms with Crippen molar-refractivity contribution in [3.8, 4) is 5.75 Å². The molecule has 0 spiro atoms. The minimum absolute atomic E-state index is 0.0843. The fraction of sp³-hybridized carbons (Fsp3) is 0.455. The van der Waals surface area contributed by atoms with E-state index in [1.54, 1.807) is 14.2 Å². The van der Waals surface area contributed by atoms with Gasteiger partial charge < -0.3 is 14.2 Å². The Balaban J connectivity index is 2.68. The molecular weight excluding hydrogens is 180 g/mol. The zero-order valence-electron chi connectivity index (χ0n) is 8.82. The molecule has 0 N–H and O–H groups in total. The quantitative estimate of drug-likeness (QED) is 0.677. The molecule has 0 aliphatic rings. The van der Waals surface area contributed by atoms with Gasteiger partial charge in [0.15, 0.2) is 6.79 Å². The van der Waals surface area contributed by atoms with Gasteiger partial charge in [0.25, 0.3) is 0 Å². The van der Waals surface area contributed by atoms with Crippen LogP contribution in [0.3, 0.4) is 0 Å². The number of hydrogen-bond acceptors (Lipinski definition) is 3. The van der Waals surface area contributed by atoms with Crippen LogP contribution in [-0.4, -0.2) is 21.0 Å². The topological polar surface area (TPSA) is 27.7 Å². The van der Waals surface area contributed by atoms with Crippen LogP contribution in [0.2, 0.25) is 0 Å². The molecule has 1 atom stereocenters. The summed E-state index contributed by atoms with van der Waals surface area (Å²) in [6, 6.07) is 7.79. The van der Waals surface area contributed by atoms with Crippen LogP contribution in [0.4, 0.5) is 0 Å². The second-order valence-electron chi connectivity index (χ2n) is 3.00. The molecule has 78 valence electrons. The van der Waals surface area contributed by atoms with E-state index in [1.165, 1.54) is 0 Å². The van der Waals surface area contributed by atoms with Crippen molar-refractivity contribution in [2.75, 3.05) is 21.0 Å². The molecule has 3 heteroatoms. The second-order valence-corrected chi connectivity index (χ2v) is 3.00. The lowest BCUT2D eigenvalue weighted by molar-refractivity contribution is 0.0507. The van der Waals surface area contributed by atoms with Crippen LogP contribution in [0.5, 0.6) is 5.75 Å². The normalized spacial score (nSPS) is 12.5. The maximum atomic E-state index is 5.31. The molecule has 0 fully saturated rings. The average molecular weight is 196 g/mol. The molecule has 3 nitrogen and oxygen atoms in total. The Morgan fingerprint density at radius 3 is 2.71 bits per heavy atom. The summed E-state index contributed by atoms with van der Waals surface area (Å²) >= 11 is 0. The smallest absolute Gasteiger partial charge is 0.188 e. The van der Waals surface area contributed by atoms with E-state index < -0.39 is 0 Å². The summed E-state index contributed by atoms with van der Waals surface area (Å²) in [5, 5.41) is 0. The summed E-state index contributed by atoms with van der Waals surface area (Å²) in [4.78, 5) is 0. The second kappa shape index (κ2) is 5.62. The molecule has 0 unspecified atom stereocenters. The standard InChI is InChI=1S/C11H16O3/c1-9(13-3)10-5-4-6-11(7-10)14-8-12-2/h4-7,9H,8H2,1-3H3/t9-/m0/s1. The maximum Gasteiger partial charge on any atom is 0.188 e. The lowest BCUT2D eigenvalue weighted by atomic mass is 10.1. The fourth-order valence-corrected chi connectivity index (χ4v) is 1.12. The Hall–Kier alpha value is -1.06. The first kappa shape index (κ1) is 11.0. The zero-order chi connectivity index (χ0) is 10.4. The van der Waals surface area contributed by atoms with Crippen LogP contribution in [0.25, 0.3) is 0 Å². The van der Waals surface area contributed by atoms with E-state index in [0.29, 0.717) is 0 Å². The van der Waals surface area contributed by atoms with Crippen LogP contribution >= 0.6 is 0 Å². The van der Waals surface area contributed by atoms with Crippen molar-refractivity contribution in [2.45, 2.75) is 13.0 Å². The Kier molecular flexibility index (Phi) is 4.43. The number of rotatable bonds is 5. The molecule has 0 radical (unpaired) electrons. The van der Waals surface area contributed by atoms with Gasteiger partial charge >= 0.3 is 0 Å². The highest BCUT2D eigenvalue weighted by atomic mass is 16.7. The molecule has 0 saturated heterocycles. The summed E-state index contributed by atoms with van der Waals surface area (Å²) in [5.74, 6) is 0.799. The predicted octanol–water partition coefficient (Wildman–Crippen LogP) is 2.38. The molecule has 1 aromatic rings. The van der Waals surface area contributed by atoms with Gasteiger partial charge in [-0.3, -0.25) is 0 Å². The molecule has 0 bridgehead atoms. The fourth-order valence-electron chi connectivity index (χ4n) is 1.12. The highest BCUT2D eigenvalue weighted by Gasteiger charge is 2.04. The third-order valence-electron chi connectivity index (χ3n) is 2.02. The molecule has 0 aromatic heterocycles. The van der Waals surface area contributed by atoms with Crippen LogP contribution < -0.4 is 4.74 Å². The molecule has 14 heavy (non-hydrogen) atoms. The zero-order valence-corrected chi connectivity index (χ0v) is 8.82. The van der Waals surface area contributed by atoms with Crippen molar-refractivity contribution in [1.82, 2.24) is 0 Å². The van der Waals surface area contributed by atoms with Crippen LogP contribution in [0.1, 0.15) is 18.6 Å². The lowest BCUT2D eigenvalue weighted by Gasteiger charge is -2.11. The Morgan fingerprint density at radius 2 is 2.07 bits per heavy atom. The van der Waals surface area contributed by atoms with Crippen molar-refractivity contribution in [3.63, 3.8) is 0 Å². The first-order chi connectivity index (χ1) is 6.77. The summed E-state index contributed by atoms with van der Waals surface area (Å²) < 4.78 is 15.3. The monoisotopic (exact) mass is 196 g/mol. The van der Waals surface area contributed by atoms with Crippen molar-refractivity contribution in [3.05, 3.63) is 29.8 Å². The largest absolute Gasteiger partial charge is 0.468 e. The minimum atomic E-state index is 0.0843. The van der Waals surface area contributed by atoms with Gasteiger partial charge in [0, 0.05) is 14.2 Å². The lowest BCUT2D eigenvalue weighted by Crippen LogP contribution is -2.00. The first-order valence-corrected chi connectivity index (χ1v) is 4.52. The van der Waals surface area contributed by atoms with Crippen LogP contribution in [0.15, 0.2) is 24.3 Å². The van der Waals surface area contributed by atoms with Gasteiger partial charge in [0.05, 0.1) is 6.10 Å². The average Bonchev–Trinajstić information content (AvgIpc) is 2.25. The molecule has 1 rings (SSSR count). The molecule has 0 aliphatic heterocycles. The highest BCUT2D eigenvalue weighted by Crippen LogP contribution is 2.20. The third-order valence-corrected chi connectivity index (χ3v) is 2.02. The van der Waals surface area contributed by atoms with E-state index in [2.05, 4.69) is 0 Å². The summed E-state index contributed by atoms with van der Waals surface area (Å²) in [7, 11) is 3.29. The summed E-state index contributed by atoms with van der Waals surface area (Å²) in [6.07, 6.45) is 0.0843. The highest BCUT2D eigenvalue weighted by molar-refractivity contribution is 5.29. The van der Waals surface area contributed by atoms with E-state index in [4.69, 9.17) is 14.2 Å². The first-order valence-electron chi connectivity index (χ1n) is 4.52. The number of benzene rings is 1. The maximum absolute atomic E-state index is 5.31. The van der Waals surface area contributed by atoms with Crippen LogP contribution in [0, 0.1) is 0 Å². The van der Waals surface area contributed by atoms with E-state index in [-0.39, 0.29) is 12.9 Å². The van der Waals surface area contributed by atoms with E-state index in [9.17, 15) is 0 Å². The van der Waals surface area contributed by atoms with Gasteiger partial charge in [-0.1, -0.05) is 12.1 Å². The van der Waals surface area contributed by atoms with Crippen molar-refractivity contribution >= 4 is 0 Å². The SMILES string of the molecule is COCOc1cccc([C@H](C)OC)c1. The summed E-state index contributed by atoms with van der Waals surface area (Å²) in [5.41, 5.74) is 1.10. The Labute approximate surface area is 84.6 Å². The predicted molar refractivity (Wildman–Crippen MR) is 54.4 cm³/mol.